The van der Waals surface area contributed by atoms with Crippen molar-refractivity contribution in [2.45, 2.75) is 31.7 Å². The van der Waals surface area contributed by atoms with Crippen molar-refractivity contribution < 1.29 is 14.0 Å². The van der Waals surface area contributed by atoms with Crippen molar-refractivity contribution in [3.8, 4) is 0 Å². The van der Waals surface area contributed by atoms with Crippen LogP contribution < -0.4 is 0 Å². The summed E-state index contributed by atoms with van der Waals surface area (Å²) < 4.78 is 13.5. The normalized spacial score (nSPS) is 19.4. The number of nitrogens with zero attached hydrogens (tertiary/aromatic N) is 3. The molecular formula is C25H30FN3O2. The molecule has 4 rings (SSSR count). The fourth-order valence-corrected chi connectivity index (χ4v) is 4.74. The van der Waals surface area contributed by atoms with E-state index in [4.69, 9.17) is 0 Å². The first-order chi connectivity index (χ1) is 15.0. The van der Waals surface area contributed by atoms with E-state index in [0.29, 0.717) is 31.7 Å². The molecule has 0 saturated carbocycles. The quantitative estimate of drug-likeness (QED) is 0.756. The molecule has 1 fully saturated rings. The van der Waals surface area contributed by atoms with Gasteiger partial charge in [0.2, 0.25) is 5.91 Å². The molecule has 0 N–H and O–H groups in total. The molecule has 5 nitrogen and oxygen atoms in total. The number of benzene rings is 2. The van der Waals surface area contributed by atoms with E-state index in [0.717, 1.165) is 32.2 Å². The van der Waals surface area contributed by atoms with Crippen LogP contribution in [0.3, 0.4) is 0 Å². The highest BCUT2D eigenvalue weighted by Gasteiger charge is 2.28. The number of hydrogen-bond donors (Lipinski definition) is 0. The molecule has 2 aromatic carbocycles. The zero-order valence-electron chi connectivity index (χ0n) is 18.1. The first-order valence-corrected chi connectivity index (χ1v) is 11.1. The minimum absolute atomic E-state index is 0.117. The Labute approximate surface area is 183 Å². The van der Waals surface area contributed by atoms with Crippen molar-refractivity contribution in [1.82, 2.24) is 14.7 Å². The van der Waals surface area contributed by atoms with Gasteiger partial charge in [0, 0.05) is 38.8 Å². The molecule has 1 heterocycles. The molecule has 1 aliphatic heterocycles. The summed E-state index contributed by atoms with van der Waals surface area (Å²) in [5, 5.41) is 0. The van der Waals surface area contributed by atoms with Crippen LogP contribution >= 0.6 is 0 Å². The fraction of sp³-hybridized carbons (Fsp3) is 0.440. The van der Waals surface area contributed by atoms with E-state index < -0.39 is 5.82 Å². The van der Waals surface area contributed by atoms with Gasteiger partial charge in [-0.05, 0) is 55.0 Å². The lowest BCUT2D eigenvalue weighted by molar-refractivity contribution is -0.133. The zero-order valence-corrected chi connectivity index (χ0v) is 18.1. The topological polar surface area (TPSA) is 43.9 Å². The summed E-state index contributed by atoms with van der Waals surface area (Å²) in [7, 11) is 1.91. The van der Waals surface area contributed by atoms with E-state index in [1.165, 1.54) is 23.3 Å². The summed E-state index contributed by atoms with van der Waals surface area (Å²) in [6.07, 6.45) is 3.97. The molecule has 2 aliphatic rings. The highest BCUT2D eigenvalue weighted by Crippen LogP contribution is 2.33. The van der Waals surface area contributed by atoms with Crippen molar-refractivity contribution >= 4 is 11.8 Å². The Kier molecular flexibility index (Phi) is 6.66. The van der Waals surface area contributed by atoms with Gasteiger partial charge in [0.05, 0.1) is 12.6 Å². The maximum Gasteiger partial charge on any atom is 0.254 e. The highest BCUT2D eigenvalue weighted by atomic mass is 19.1. The van der Waals surface area contributed by atoms with Crippen molar-refractivity contribution in [3.63, 3.8) is 0 Å². The molecule has 0 bridgehead atoms. The van der Waals surface area contributed by atoms with E-state index in [1.807, 2.05) is 11.9 Å². The van der Waals surface area contributed by atoms with Gasteiger partial charge in [0.1, 0.15) is 5.82 Å². The molecule has 1 saturated heterocycles. The second-order valence-electron chi connectivity index (χ2n) is 8.54. The Balaban J connectivity index is 1.35. The molecule has 1 aliphatic carbocycles. The Bertz CT molecular complexity index is 948. The maximum absolute atomic E-state index is 13.5. The maximum atomic E-state index is 13.5. The standard InChI is InChI=1S/C25H30FN3O2/c1-27(23-12-5-8-19-7-2-3-11-22(19)23)24(30)18-28-13-6-14-29(16-15-28)25(31)20-9-4-10-21(26)17-20/h2-4,7,9-11,17,23H,5-6,8,12-16,18H2,1H3. The van der Waals surface area contributed by atoms with Crippen LogP contribution in [0.15, 0.2) is 48.5 Å². The smallest absolute Gasteiger partial charge is 0.254 e. The number of carbonyl (C=O) groups is 2. The summed E-state index contributed by atoms with van der Waals surface area (Å²) in [5.41, 5.74) is 2.99. The number of rotatable bonds is 4. The number of amides is 2. The molecule has 0 spiro atoms. The lowest BCUT2D eigenvalue weighted by atomic mass is 9.87. The third-order valence-corrected chi connectivity index (χ3v) is 6.50. The van der Waals surface area contributed by atoms with Crippen LogP contribution in [0.4, 0.5) is 4.39 Å². The van der Waals surface area contributed by atoms with Crippen LogP contribution in [-0.2, 0) is 11.2 Å². The summed E-state index contributed by atoms with van der Waals surface area (Å²) in [5.74, 6) is -0.435. The molecule has 1 unspecified atom stereocenters. The Morgan fingerprint density at radius 1 is 1.03 bits per heavy atom. The zero-order chi connectivity index (χ0) is 21.8. The molecule has 0 radical (unpaired) electrons. The molecule has 1 atom stereocenters. The Morgan fingerprint density at radius 3 is 2.71 bits per heavy atom. The van der Waals surface area contributed by atoms with Gasteiger partial charge in [-0.25, -0.2) is 4.39 Å². The predicted molar refractivity (Wildman–Crippen MR) is 118 cm³/mol. The third kappa shape index (κ3) is 4.96. The van der Waals surface area contributed by atoms with Gasteiger partial charge in [-0.3, -0.25) is 14.5 Å². The predicted octanol–water partition coefficient (Wildman–Crippen LogP) is 3.51. The summed E-state index contributed by atoms with van der Waals surface area (Å²) in [6, 6.07) is 14.4. The minimum Gasteiger partial charge on any atom is -0.338 e. The van der Waals surface area contributed by atoms with Crippen LogP contribution in [0.25, 0.3) is 0 Å². The number of fused-ring (bicyclic) bond motifs is 1. The first kappa shape index (κ1) is 21.5. The largest absolute Gasteiger partial charge is 0.338 e. The number of carbonyl (C=O) groups excluding carboxylic acids is 2. The average Bonchev–Trinajstić information content (AvgIpc) is 3.03. The van der Waals surface area contributed by atoms with Crippen molar-refractivity contribution in [2.24, 2.45) is 0 Å². The van der Waals surface area contributed by atoms with Gasteiger partial charge < -0.3 is 9.80 Å². The SMILES string of the molecule is CN(C(=O)CN1CCCN(C(=O)c2cccc(F)c2)CC1)C1CCCc2ccccc21. The van der Waals surface area contributed by atoms with E-state index in [1.54, 1.807) is 17.0 Å². The van der Waals surface area contributed by atoms with Gasteiger partial charge in [0.15, 0.2) is 0 Å². The van der Waals surface area contributed by atoms with Crippen LogP contribution in [0.1, 0.15) is 46.8 Å². The monoisotopic (exact) mass is 423 g/mol. The summed E-state index contributed by atoms with van der Waals surface area (Å²) in [4.78, 5) is 31.6. The van der Waals surface area contributed by atoms with E-state index in [9.17, 15) is 14.0 Å². The first-order valence-electron chi connectivity index (χ1n) is 11.1. The molecule has 6 heteroatoms. The van der Waals surface area contributed by atoms with Gasteiger partial charge in [-0.2, -0.15) is 0 Å². The van der Waals surface area contributed by atoms with Gasteiger partial charge in [-0.1, -0.05) is 30.3 Å². The second-order valence-corrected chi connectivity index (χ2v) is 8.54. The van der Waals surface area contributed by atoms with Gasteiger partial charge >= 0.3 is 0 Å². The van der Waals surface area contributed by atoms with E-state index >= 15 is 0 Å². The summed E-state index contributed by atoms with van der Waals surface area (Å²) in [6.45, 7) is 2.93. The fourth-order valence-electron chi connectivity index (χ4n) is 4.74. The molecule has 31 heavy (non-hydrogen) atoms. The highest BCUT2D eigenvalue weighted by molar-refractivity contribution is 5.94. The van der Waals surface area contributed by atoms with Crippen LogP contribution in [0.2, 0.25) is 0 Å². The number of hydrogen-bond acceptors (Lipinski definition) is 3. The Hall–Kier alpha value is -2.73. The molecule has 2 aromatic rings. The average molecular weight is 424 g/mol. The number of likely N-dealkylation sites (N-methyl/N-ethyl adjacent to an activating group) is 1. The van der Waals surface area contributed by atoms with Crippen LogP contribution in [0.5, 0.6) is 0 Å². The lowest BCUT2D eigenvalue weighted by Crippen LogP contribution is -2.42. The molecule has 0 aromatic heterocycles. The minimum atomic E-state index is -0.403. The van der Waals surface area contributed by atoms with Crippen LogP contribution in [-0.4, -0.2) is 66.3 Å². The summed E-state index contributed by atoms with van der Waals surface area (Å²) >= 11 is 0. The van der Waals surface area contributed by atoms with Gasteiger partial charge in [0.25, 0.3) is 5.91 Å². The second kappa shape index (κ2) is 9.60. The van der Waals surface area contributed by atoms with E-state index in [2.05, 4.69) is 29.2 Å². The molecule has 2 amide bonds. The molecular weight excluding hydrogens is 393 g/mol. The third-order valence-electron chi connectivity index (χ3n) is 6.50. The lowest BCUT2D eigenvalue weighted by Gasteiger charge is -2.34. The van der Waals surface area contributed by atoms with Crippen LogP contribution in [0, 0.1) is 5.82 Å². The number of aryl methyl sites for hydroxylation is 1. The van der Waals surface area contributed by atoms with Crippen molar-refractivity contribution in [3.05, 3.63) is 71.0 Å². The Morgan fingerprint density at radius 2 is 1.87 bits per heavy atom. The van der Waals surface area contributed by atoms with Gasteiger partial charge in [-0.15, -0.1) is 0 Å². The van der Waals surface area contributed by atoms with E-state index in [-0.39, 0.29) is 17.9 Å². The van der Waals surface area contributed by atoms with Crippen molar-refractivity contribution in [1.29, 1.82) is 0 Å². The van der Waals surface area contributed by atoms with Crippen molar-refractivity contribution in [2.75, 3.05) is 39.8 Å². The number of halogens is 1. The molecule has 164 valence electrons.